The highest BCUT2D eigenvalue weighted by atomic mass is 16.4. The minimum atomic E-state index is -1.01. The molecule has 2 aromatic heterocycles. The molecule has 0 unspecified atom stereocenters. The van der Waals surface area contributed by atoms with E-state index in [1.807, 2.05) is 49.4 Å². The minimum absolute atomic E-state index is 0.174. The molecule has 0 spiro atoms. The second-order valence-corrected chi connectivity index (χ2v) is 8.45. The summed E-state index contributed by atoms with van der Waals surface area (Å²) in [5.41, 5.74) is 5.99. The van der Waals surface area contributed by atoms with E-state index in [1.54, 1.807) is 48.8 Å². The molecule has 0 aliphatic rings. The van der Waals surface area contributed by atoms with E-state index in [0.717, 1.165) is 17.1 Å². The third kappa shape index (κ3) is 5.54. The summed E-state index contributed by atoms with van der Waals surface area (Å²) in [4.78, 5) is 33.0. The molecule has 8 nitrogen and oxygen atoms in total. The molecule has 5 aromatic rings. The largest absolute Gasteiger partial charge is 0.478 e. The molecular formula is C29H23N5O3. The van der Waals surface area contributed by atoms with Crippen molar-refractivity contribution in [2.45, 2.75) is 6.92 Å². The van der Waals surface area contributed by atoms with Crippen molar-refractivity contribution < 1.29 is 14.7 Å². The van der Waals surface area contributed by atoms with E-state index in [2.05, 4.69) is 25.9 Å². The number of carbonyl (C=O) groups is 2. The van der Waals surface area contributed by atoms with Crippen LogP contribution in [0.1, 0.15) is 26.4 Å². The van der Waals surface area contributed by atoms with Crippen molar-refractivity contribution in [3.05, 3.63) is 114 Å². The second kappa shape index (κ2) is 10.2. The van der Waals surface area contributed by atoms with E-state index >= 15 is 0 Å². The number of fused-ring (bicyclic) bond motifs is 1. The topological polar surface area (TPSA) is 116 Å². The van der Waals surface area contributed by atoms with E-state index in [1.165, 1.54) is 6.07 Å². The van der Waals surface area contributed by atoms with Gasteiger partial charge in [-0.25, -0.2) is 4.79 Å². The first kappa shape index (κ1) is 23.5. The van der Waals surface area contributed by atoms with Gasteiger partial charge in [0.15, 0.2) is 0 Å². The van der Waals surface area contributed by atoms with Gasteiger partial charge < -0.3 is 21.1 Å². The Morgan fingerprint density at radius 3 is 2.24 bits per heavy atom. The average molecular weight is 490 g/mol. The van der Waals surface area contributed by atoms with Gasteiger partial charge in [0, 0.05) is 57.5 Å². The van der Waals surface area contributed by atoms with E-state index in [0.29, 0.717) is 33.5 Å². The highest BCUT2D eigenvalue weighted by Gasteiger charge is 2.11. The number of hydrogen-bond acceptors (Lipinski definition) is 6. The SMILES string of the molecule is Cc1cc(Nc2cccc(NC(=O)c3cccc(Nc4ccnc5ccc(C(=O)O)cc45)c3)c2)ccn1. The fraction of sp³-hybridized carbons (Fsp3) is 0.0345. The zero-order valence-electron chi connectivity index (χ0n) is 19.9. The normalized spacial score (nSPS) is 10.6. The number of nitrogens with one attached hydrogen (secondary N) is 3. The number of rotatable bonds is 7. The quantitative estimate of drug-likeness (QED) is 0.210. The van der Waals surface area contributed by atoms with Crippen LogP contribution in [0, 0.1) is 6.92 Å². The second-order valence-electron chi connectivity index (χ2n) is 8.45. The standard InChI is InChI=1S/C29H23N5O3/c1-18-14-24(10-12-30-18)32-22-6-3-7-23(17-22)34-28(35)19-4-2-5-21(15-19)33-27-11-13-31-26-9-8-20(29(36)37)16-25(26)27/h2-17H,1H3,(H,30,32)(H,31,33)(H,34,35)(H,36,37). The molecule has 0 bridgehead atoms. The molecule has 0 aliphatic heterocycles. The lowest BCUT2D eigenvalue weighted by atomic mass is 10.1. The van der Waals surface area contributed by atoms with Crippen molar-refractivity contribution in [2.24, 2.45) is 0 Å². The lowest BCUT2D eigenvalue weighted by molar-refractivity contribution is 0.0697. The molecule has 2 heterocycles. The van der Waals surface area contributed by atoms with Crippen molar-refractivity contribution >= 4 is 51.2 Å². The molecule has 4 N–H and O–H groups in total. The molecule has 8 heteroatoms. The van der Waals surface area contributed by atoms with E-state index in [-0.39, 0.29) is 11.5 Å². The average Bonchev–Trinajstić information content (AvgIpc) is 2.89. The minimum Gasteiger partial charge on any atom is -0.478 e. The predicted molar refractivity (Wildman–Crippen MR) is 145 cm³/mol. The Morgan fingerprint density at radius 1 is 0.703 bits per heavy atom. The lowest BCUT2D eigenvalue weighted by Gasteiger charge is -2.12. The van der Waals surface area contributed by atoms with Gasteiger partial charge in [-0.15, -0.1) is 0 Å². The monoisotopic (exact) mass is 489 g/mol. The van der Waals surface area contributed by atoms with E-state index in [4.69, 9.17) is 0 Å². The molecule has 1 amide bonds. The van der Waals surface area contributed by atoms with Crippen LogP contribution in [0.15, 0.2) is 97.3 Å². The van der Waals surface area contributed by atoms with Crippen LogP contribution in [0.5, 0.6) is 0 Å². The molecule has 0 saturated heterocycles. The summed E-state index contributed by atoms with van der Waals surface area (Å²) in [5, 5.41) is 19.6. The van der Waals surface area contributed by atoms with Gasteiger partial charge in [0.2, 0.25) is 0 Å². The number of nitrogens with zero attached hydrogens (tertiary/aromatic N) is 2. The summed E-state index contributed by atoms with van der Waals surface area (Å²) in [6.07, 6.45) is 3.39. The molecule has 0 radical (unpaired) electrons. The van der Waals surface area contributed by atoms with Crippen molar-refractivity contribution in [1.29, 1.82) is 0 Å². The Kier molecular flexibility index (Phi) is 6.46. The molecule has 5 rings (SSSR count). The number of carboxylic acid groups (broad SMARTS) is 1. The Labute approximate surface area is 213 Å². The number of aromatic nitrogens is 2. The summed E-state index contributed by atoms with van der Waals surface area (Å²) < 4.78 is 0. The molecular weight excluding hydrogens is 466 g/mol. The zero-order chi connectivity index (χ0) is 25.8. The van der Waals surface area contributed by atoms with Gasteiger partial charge in [-0.2, -0.15) is 0 Å². The van der Waals surface area contributed by atoms with Crippen molar-refractivity contribution in [1.82, 2.24) is 9.97 Å². The van der Waals surface area contributed by atoms with E-state index < -0.39 is 5.97 Å². The fourth-order valence-corrected chi connectivity index (χ4v) is 3.95. The van der Waals surface area contributed by atoms with Gasteiger partial charge in [0.1, 0.15) is 0 Å². The van der Waals surface area contributed by atoms with Crippen LogP contribution in [0.2, 0.25) is 0 Å². The Hall–Kier alpha value is -5.24. The fourth-order valence-electron chi connectivity index (χ4n) is 3.95. The molecule has 0 saturated carbocycles. The predicted octanol–water partition coefficient (Wildman–Crippen LogP) is 6.38. The lowest BCUT2D eigenvalue weighted by Crippen LogP contribution is -2.12. The number of carbonyl (C=O) groups excluding carboxylic acids is 1. The van der Waals surface area contributed by atoms with Gasteiger partial charge in [-0.05, 0) is 79.7 Å². The van der Waals surface area contributed by atoms with Crippen molar-refractivity contribution in [3.8, 4) is 0 Å². The van der Waals surface area contributed by atoms with Gasteiger partial charge in [0.05, 0.1) is 11.1 Å². The number of aryl methyl sites for hydroxylation is 1. The number of amides is 1. The Balaban J connectivity index is 1.33. The van der Waals surface area contributed by atoms with Gasteiger partial charge >= 0.3 is 5.97 Å². The number of benzene rings is 3. The summed E-state index contributed by atoms with van der Waals surface area (Å²) in [6.45, 7) is 1.93. The van der Waals surface area contributed by atoms with Crippen LogP contribution >= 0.6 is 0 Å². The molecule has 0 aliphatic carbocycles. The Morgan fingerprint density at radius 2 is 1.43 bits per heavy atom. The maximum atomic E-state index is 13.0. The smallest absolute Gasteiger partial charge is 0.335 e. The molecule has 0 atom stereocenters. The number of aromatic carboxylic acids is 1. The first-order valence-electron chi connectivity index (χ1n) is 11.5. The number of carboxylic acids is 1. The van der Waals surface area contributed by atoms with Gasteiger partial charge in [0.25, 0.3) is 5.91 Å². The van der Waals surface area contributed by atoms with Gasteiger partial charge in [-0.3, -0.25) is 14.8 Å². The third-order valence-electron chi connectivity index (χ3n) is 5.70. The third-order valence-corrected chi connectivity index (χ3v) is 5.70. The van der Waals surface area contributed by atoms with Crippen molar-refractivity contribution in [3.63, 3.8) is 0 Å². The van der Waals surface area contributed by atoms with Crippen LogP contribution in [0.3, 0.4) is 0 Å². The van der Waals surface area contributed by atoms with Crippen LogP contribution in [0.25, 0.3) is 10.9 Å². The molecule has 182 valence electrons. The maximum absolute atomic E-state index is 13.0. The van der Waals surface area contributed by atoms with Crippen LogP contribution in [-0.4, -0.2) is 27.0 Å². The number of anilines is 5. The van der Waals surface area contributed by atoms with E-state index in [9.17, 15) is 14.7 Å². The van der Waals surface area contributed by atoms with Crippen LogP contribution in [-0.2, 0) is 0 Å². The number of hydrogen-bond donors (Lipinski definition) is 4. The van der Waals surface area contributed by atoms with Crippen LogP contribution < -0.4 is 16.0 Å². The highest BCUT2D eigenvalue weighted by Crippen LogP contribution is 2.27. The van der Waals surface area contributed by atoms with Crippen LogP contribution in [0.4, 0.5) is 28.4 Å². The highest BCUT2D eigenvalue weighted by molar-refractivity contribution is 6.05. The Bertz CT molecular complexity index is 1630. The summed E-state index contributed by atoms with van der Waals surface area (Å²) in [5.74, 6) is -1.26. The van der Waals surface area contributed by atoms with Crippen molar-refractivity contribution in [2.75, 3.05) is 16.0 Å². The molecule has 37 heavy (non-hydrogen) atoms. The first-order chi connectivity index (χ1) is 17.9. The summed E-state index contributed by atoms with van der Waals surface area (Å²) in [6, 6.07) is 24.9. The molecule has 0 fully saturated rings. The molecule has 3 aromatic carbocycles. The summed E-state index contributed by atoms with van der Waals surface area (Å²) >= 11 is 0. The zero-order valence-corrected chi connectivity index (χ0v) is 19.9. The van der Waals surface area contributed by atoms with Gasteiger partial charge in [-0.1, -0.05) is 12.1 Å². The number of pyridine rings is 2. The summed E-state index contributed by atoms with van der Waals surface area (Å²) in [7, 11) is 0. The maximum Gasteiger partial charge on any atom is 0.335 e. The first-order valence-corrected chi connectivity index (χ1v) is 11.5.